The largest absolute Gasteiger partial charge is 0.478 e. The van der Waals surface area contributed by atoms with E-state index in [-0.39, 0.29) is 12.4 Å². The van der Waals surface area contributed by atoms with Gasteiger partial charge in [0.15, 0.2) is 0 Å². The molecule has 2 N–H and O–H groups in total. The summed E-state index contributed by atoms with van der Waals surface area (Å²) >= 11 is 0. The lowest BCUT2D eigenvalue weighted by molar-refractivity contribution is -0.131. The number of nitrogens with one attached hydrogen (secondary N) is 1. The van der Waals surface area contributed by atoms with Crippen molar-refractivity contribution in [3.63, 3.8) is 0 Å². The molecular weight excluding hydrogens is 214 g/mol. The second-order valence-corrected chi connectivity index (χ2v) is 2.94. The van der Waals surface area contributed by atoms with Crippen LogP contribution in [-0.4, -0.2) is 18.1 Å². The molecule has 82 valence electrons. The molecule has 4 heteroatoms. The summed E-state index contributed by atoms with van der Waals surface area (Å²) in [5, 5.41) is 11.5. The average molecular weight is 228 g/mol. The number of hydrogen-bond acceptors (Lipinski definition) is 2. The monoisotopic (exact) mass is 227 g/mol. The fraction of sp³-hybridized carbons (Fsp3) is 0.182. The molecule has 0 unspecified atom stereocenters. The van der Waals surface area contributed by atoms with Crippen molar-refractivity contribution in [3.05, 3.63) is 41.5 Å². The lowest BCUT2D eigenvalue weighted by Crippen LogP contribution is -2.04. The van der Waals surface area contributed by atoms with E-state index in [1.807, 2.05) is 31.3 Å². The van der Waals surface area contributed by atoms with Gasteiger partial charge in [-0.3, -0.25) is 0 Å². The molecule has 0 saturated carbocycles. The van der Waals surface area contributed by atoms with Crippen LogP contribution < -0.4 is 5.32 Å². The van der Waals surface area contributed by atoms with Crippen LogP contribution in [0.2, 0.25) is 0 Å². The van der Waals surface area contributed by atoms with E-state index >= 15 is 0 Å². The Morgan fingerprint density at radius 1 is 1.40 bits per heavy atom. The van der Waals surface area contributed by atoms with Gasteiger partial charge in [0.25, 0.3) is 0 Å². The number of halogens is 1. The fourth-order valence-electron chi connectivity index (χ4n) is 1.12. The highest BCUT2D eigenvalue weighted by atomic mass is 35.5. The molecule has 1 aromatic carbocycles. The Balaban J connectivity index is 0.00000196. The van der Waals surface area contributed by atoms with Crippen LogP contribution in [0.1, 0.15) is 11.1 Å². The highest BCUT2D eigenvalue weighted by molar-refractivity contribution is 5.85. The summed E-state index contributed by atoms with van der Waals surface area (Å²) in [4.78, 5) is 10.2. The zero-order valence-electron chi connectivity index (χ0n) is 8.43. The first-order valence-electron chi connectivity index (χ1n) is 4.37. The van der Waals surface area contributed by atoms with Crippen LogP contribution in [0, 0.1) is 0 Å². The molecule has 15 heavy (non-hydrogen) atoms. The molecule has 0 aromatic heterocycles. The molecule has 1 aromatic rings. The number of rotatable bonds is 4. The number of hydrogen-bond donors (Lipinski definition) is 2. The van der Waals surface area contributed by atoms with Gasteiger partial charge in [-0.05, 0) is 24.3 Å². The Kier molecular flexibility index (Phi) is 6.42. The Labute approximate surface area is 95.2 Å². The molecule has 0 fully saturated rings. The Morgan fingerprint density at radius 3 is 2.47 bits per heavy atom. The molecule has 0 aliphatic carbocycles. The second-order valence-electron chi connectivity index (χ2n) is 2.94. The van der Waals surface area contributed by atoms with Gasteiger partial charge in [-0.1, -0.05) is 24.3 Å². The molecule has 0 aliphatic rings. The maximum absolute atomic E-state index is 10.2. The lowest BCUT2D eigenvalue weighted by atomic mass is 10.1. The number of carboxylic acid groups (broad SMARTS) is 1. The highest BCUT2D eigenvalue weighted by Crippen LogP contribution is 2.05. The van der Waals surface area contributed by atoms with Crippen molar-refractivity contribution in [1.82, 2.24) is 5.32 Å². The predicted octanol–water partition coefficient (Wildman–Crippen LogP) is 1.93. The van der Waals surface area contributed by atoms with Gasteiger partial charge in [0.1, 0.15) is 0 Å². The van der Waals surface area contributed by atoms with E-state index in [1.165, 1.54) is 5.56 Å². The molecule has 0 saturated heterocycles. The maximum atomic E-state index is 10.2. The fourth-order valence-corrected chi connectivity index (χ4v) is 1.12. The van der Waals surface area contributed by atoms with Crippen molar-refractivity contribution >= 4 is 24.5 Å². The van der Waals surface area contributed by atoms with Gasteiger partial charge in [0, 0.05) is 12.6 Å². The summed E-state index contributed by atoms with van der Waals surface area (Å²) < 4.78 is 0. The zero-order chi connectivity index (χ0) is 10.4. The summed E-state index contributed by atoms with van der Waals surface area (Å²) in [5.41, 5.74) is 2.08. The molecular formula is C11H14ClNO2. The van der Waals surface area contributed by atoms with Crippen LogP contribution in [0.4, 0.5) is 0 Å². The van der Waals surface area contributed by atoms with E-state index in [2.05, 4.69) is 5.32 Å². The smallest absolute Gasteiger partial charge is 0.328 e. The van der Waals surface area contributed by atoms with Crippen molar-refractivity contribution in [2.45, 2.75) is 6.54 Å². The summed E-state index contributed by atoms with van der Waals surface area (Å²) in [7, 11) is 1.89. The summed E-state index contributed by atoms with van der Waals surface area (Å²) in [5.74, 6) is -0.927. The van der Waals surface area contributed by atoms with E-state index in [9.17, 15) is 4.79 Å². The molecule has 0 radical (unpaired) electrons. The second kappa shape index (κ2) is 7.04. The first-order valence-corrected chi connectivity index (χ1v) is 4.37. The third kappa shape index (κ3) is 5.20. The zero-order valence-corrected chi connectivity index (χ0v) is 9.25. The SMILES string of the molecule is CNCc1ccc(/C=C/C(=O)O)cc1.Cl. The van der Waals surface area contributed by atoms with E-state index in [0.29, 0.717) is 0 Å². The Bertz CT molecular complexity index is 333. The van der Waals surface area contributed by atoms with Crippen molar-refractivity contribution in [2.24, 2.45) is 0 Å². The quantitative estimate of drug-likeness (QED) is 0.773. The molecule has 0 aliphatic heterocycles. The minimum absolute atomic E-state index is 0. The van der Waals surface area contributed by atoms with Crippen LogP contribution in [0.3, 0.4) is 0 Å². The molecule has 0 amide bonds. The number of carboxylic acids is 1. The number of carbonyl (C=O) groups is 1. The van der Waals surface area contributed by atoms with Gasteiger partial charge < -0.3 is 10.4 Å². The average Bonchev–Trinajstić information content (AvgIpc) is 2.17. The van der Waals surface area contributed by atoms with Gasteiger partial charge >= 0.3 is 5.97 Å². The molecule has 3 nitrogen and oxygen atoms in total. The minimum Gasteiger partial charge on any atom is -0.478 e. The van der Waals surface area contributed by atoms with Gasteiger partial charge in [-0.15, -0.1) is 12.4 Å². The molecule has 1 rings (SSSR count). The van der Waals surface area contributed by atoms with Crippen molar-refractivity contribution in [3.8, 4) is 0 Å². The molecule has 0 bridgehead atoms. The van der Waals surface area contributed by atoms with Crippen LogP contribution in [0.25, 0.3) is 6.08 Å². The van der Waals surface area contributed by atoms with E-state index in [4.69, 9.17) is 5.11 Å². The maximum Gasteiger partial charge on any atom is 0.328 e. The lowest BCUT2D eigenvalue weighted by Gasteiger charge is -1.99. The van der Waals surface area contributed by atoms with E-state index < -0.39 is 5.97 Å². The summed E-state index contributed by atoms with van der Waals surface area (Å²) in [6.45, 7) is 0.822. The highest BCUT2D eigenvalue weighted by Gasteiger charge is 1.91. The Morgan fingerprint density at radius 2 is 2.00 bits per heavy atom. The van der Waals surface area contributed by atoms with Crippen LogP contribution in [-0.2, 0) is 11.3 Å². The minimum atomic E-state index is -0.927. The van der Waals surface area contributed by atoms with Crippen LogP contribution >= 0.6 is 12.4 Å². The molecule has 0 atom stereocenters. The first-order chi connectivity index (χ1) is 6.72. The predicted molar refractivity (Wildman–Crippen MR) is 63.1 cm³/mol. The standard InChI is InChI=1S/C11H13NO2.ClH/c1-12-8-10-4-2-9(3-5-10)6-7-11(13)14;/h2-7,12H,8H2,1H3,(H,13,14);1H/b7-6+;. The van der Waals surface area contributed by atoms with Crippen LogP contribution in [0.5, 0.6) is 0 Å². The molecule has 0 heterocycles. The third-order valence-corrected chi connectivity index (χ3v) is 1.78. The first kappa shape index (κ1) is 13.7. The van der Waals surface area contributed by atoms with E-state index in [1.54, 1.807) is 6.08 Å². The van der Waals surface area contributed by atoms with Crippen LogP contribution in [0.15, 0.2) is 30.3 Å². The van der Waals surface area contributed by atoms with Gasteiger partial charge in [0.05, 0.1) is 0 Å². The van der Waals surface area contributed by atoms with Gasteiger partial charge in [-0.2, -0.15) is 0 Å². The molecule has 0 spiro atoms. The van der Waals surface area contributed by atoms with E-state index in [0.717, 1.165) is 18.2 Å². The summed E-state index contributed by atoms with van der Waals surface area (Å²) in [6, 6.07) is 7.73. The van der Waals surface area contributed by atoms with Gasteiger partial charge in [0.2, 0.25) is 0 Å². The number of benzene rings is 1. The normalized spacial score (nSPS) is 9.93. The third-order valence-electron chi connectivity index (χ3n) is 1.78. The summed E-state index contributed by atoms with van der Waals surface area (Å²) in [6.07, 6.45) is 2.71. The van der Waals surface area contributed by atoms with Gasteiger partial charge in [-0.25, -0.2) is 4.79 Å². The van der Waals surface area contributed by atoms with Crippen molar-refractivity contribution < 1.29 is 9.90 Å². The number of aliphatic carboxylic acids is 1. The Hall–Kier alpha value is -1.32. The van der Waals surface area contributed by atoms with Crippen molar-refractivity contribution in [2.75, 3.05) is 7.05 Å². The topological polar surface area (TPSA) is 49.3 Å². The van der Waals surface area contributed by atoms with Crippen molar-refractivity contribution in [1.29, 1.82) is 0 Å².